The van der Waals surface area contributed by atoms with Crippen LogP contribution in [0.25, 0.3) is 0 Å². The molecule has 0 fully saturated rings. The van der Waals surface area contributed by atoms with Gasteiger partial charge in [0.15, 0.2) is 0 Å². The average Bonchev–Trinajstić information content (AvgIpc) is 2.80. The van der Waals surface area contributed by atoms with Crippen LogP contribution in [0.1, 0.15) is 6.42 Å². The third-order valence-corrected chi connectivity index (χ3v) is 7.68. The maximum absolute atomic E-state index is 12.7. The Morgan fingerprint density at radius 1 is 0.710 bits per heavy atom. The van der Waals surface area contributed by atoms with E-state index in [0.29, 0.717) is 0 Å². The maximum Gasteiger partial charge on any atom is 2.00 e. The molecule has 31 heavy (non-hydrogen) atoms. The maximum atomic E-state index is 12.7. The number of hydrogen-bond donors (Lipinski definition) is 0. The first kappa shape index (κ1) is 26.1. The average molecular weight is 522 g/mol. The molecule has 0 saturated carbocycles. The van der Waals surface area contributed by atoms with Gasteiger partial charge in [0.2, 0.25) is 5.78 Å². The van der Waals surface area contributed by atoms with Gasteiger partial charge in [-0.15, -0.1) is 0 Å². The SMILES string of the molecule is [CH-]=O.[CH2-]C(=O)CC(=O)C(=O)O[P+](c1ccccc1)(c1ccccc1)c1ccccc1.[Rh+2]. The summed E-state index contributed by atoms with van der Waals surface area (Å²) in [5.74, 6) is -2.54. The van der Waals surface area contributed by atoms with Crippen molar-refractivity contribution in [3.05, 3.63) is 97.9 Å². The Morgan fingerprint density at radius 3 is 1.32 bits per heavy atom. The van der Waals surface area contributed by atoms with Crippen LogP contribution in [-0.4, -0.2) is 24.3 Å². The van der Waals surface area contributed by atoms with Crippen molar-refractivity contribution in [1.29, 1.82) is 0 Å². The van der Waals surface area contributed by atoms with E-state index < -0.39 is 31.4 Å². The fourth-order valence-corrected chi connectivity index (χ4v) is 6.28. The van der Waals surface area contributed by atoms with Crippen molar-refractivity contribution in [3.8, 4) is 0 Å². The van der Waals surface area contributed by atoms with Crippen molar-refractivity contribution in [1.82, 2.24) is 0 Å². The normalized spacial score (nSPS) is 9.94. The topological polar surface area (TPSA) is 77.5 Å². The number of carbonyl (C=O) groups is 3. The Balaban J connectivity index is 0.00000156. The molecule has 0 aliphatic rings. The molecule has 0 atom stereocenters. The molecule has 0 aromatic heterocycles. The Hall–Kier alpha value is -2.94. The van der Waals surface area contributed by atoms with Crippen LogP contribution in [0, 0.1) is 6.92 Å². The van der Waals surface area contributed by atoms with E-state index in [-0.39, 0.29) is 19.5 Å². The number of rotatable bonds is 7. The van der Waals surface area contributed by atoms with Crippen LogP contribution in [0.2, 0.25) is 0 Å². The summed E-state index contributed by atoms with van der Waals surface area (Å²) >= 11 is 0. The Morgan fingerprint density at radius 2 is 1.03 bits per heavy atom. The van der Waals surface area contributed by atoms with E-state index in [9.17, 15) is 14.4 Å². The minimum atomic E-state index is -2.91. The van der Waals surface area contributed by atoms with Gasteiger partial charge in [0, 0.05) is 12.2 Å². The van der Waals surface area contributed by atoms with E-state index >= 15 is 0 Å². The Kier molecular flexibility index (Phi) is 10.7. The molecular formula is C24H20O5PRh+. The van der Waals surface area contributed by atoms with E-state index in [1.54, 1.807) is 0 Å². The summed E-state index contributed by atoms with van der Waals surface area (Å²) in [7, 11) is -2.91. The molecule has 0 spiro atoms. The van der Waals surface area contributed by atoms with Gasteiger partial charge in [-0.1, -0.05) is 54.6 Å². The van der Waals surface area contributed by atoms with Crippen molar-refractivity contribution >= 4 is 47.7 Å². The van der Waals surface area contributed by atoms with E-state index in [1.807, 2.05) is 91.0 Å². The van der Waals surface area contributed by atoms with Crippen molar-refractivity contribution in [2.75, 3.05) is 0 Å². The van der Waals surface area contributed by atoms with E-state index in [2.05, 4.69) is 13.7 Å². The molecule has 0 aliphatic carbocycles. The zero-order valence-corrected chi connectivity index (χ0v) is 19.0. The number of carbonyl (C=O) groups excluding carboxylic acids is 4. The van der Waals surface area contributed by atoms with Gasteiger partial charge < -0.3 is 16.5 Å². The molecule has 0 saturated heterocycles. The standard InChI is InChI=1S/C23H19O4P.CHO.Rh/c1-18(24)17-22(25)23(26)27-28(19-11-5-2-6-12-19,20-13-7-3-8-14-20)21-15-9-4-10-16-21;1-2;/h2-16H,1,17H2;1H;/q;-1;+2. The van der Waals surface area contributed by atoms with Crippen molar-refractivity contribution < 1.29 is 43.2 Å². The largest absolute Gasteiger partial charge is 2.00 e. The van der Waals surface area contributed by atoms with E-state index in [0.717, 1.165) is 15.9 Å². The van der Waals surface area contributed by atoms with Crippen LogP contribution in [0.3, 0.4) is 0 Å². The molecule has 0 amide bonds. The summed E-state index contributed by atoms with van der Waals surface area (Å²) in [6.45, 7) is 6.42. The second-order valence-electron chi connectivity index (χ2n) is 6.13. The molecule has 1 radical (unpaired) electrons. The van der Waals surface area contributed by atoms with Crippen molar-refractivity contribution in [3.63, 3.8) is 0 Å². The van der Waals surface area contributed by atoms with Gasteiger partial charge in [0.1, 0.15) is 15.9 Å². The minimum Gasteiger partial charge on any atom is -0.545 e. The van der Waals surface area contributed by atoms with Gasteiger partial charge >= 0.3 is 25.4 Å². The Bertz CT molecular complexity index is 898. The predicted octanol–water partition coefficient (Wildman–Crippen LogP) is 2.52. The first-order chi connectivity index (χ1) is 14.5. The third-order valence-electron chi connectivity index (χ3n) is 4.16. The summed E-state index contributed by atoms with van der Waals surface area (Å²) in [6.07, 6.45) is -0.572. The fraction of sp³-hybridized carbons (Fsp3) is 0.0417. The molecule has 3 aromatic rings. The molecule has 5 nitrogen and oxygen atoms in total. The summed E-state index contributed by atoms with van der Waals surface area (Å²) in [6, 6.07) is 28.2. The van der Waals surface area contributed by atoms with Crippen LogP contribution in [0.4, 0.5) is 0 Å². The van der Waals surface area contributed by atoms with Gasteiger partial charge in [0.05, 0.1) is 0 Å². The first-order valence-electron chi connectivity index (χ1n) is 8.95. The fourth-order valence-electron chi connectivity index (χ4n) is 2.95. The predicted molar refractivity (Wildman–Crippen MR) is 118 cm³/mol. The van der Waals surface area contributed by atoms with Gasteiger partial charge in [0.25, 0.3) is 7.49 Å². The van der Waals surface area contributed by atoms with Gasteiger partial charge in [-0.05, 0) is 36.4 Å². The third kappa shape index (κ3) is 6.27. The number of ketones is 2. The minimum absolute atomic E-state index is 0. The summed E-state index contributed by atoms with van der Waals surface area (Å²) in [5.41, 5.74) is 0. The molecule has 0 heterocycles. The first-order valence-corrected chi connectivity index (χ1v) is 10.7. The zero-order valence-electron chi connectivity index (χ0n) is 16.5. The quantitative estimate of drug-likeness (QED) is 0.119. The second kappa shape index (κ2) is 12.7. The number of Topliss-reactive ketones (excluding diaryl/α,β-unsaturated/α-hetero) is 2. The number of benzene rings is 3. The van der Waals surface area contributed by atoms with Crippen LogP contribution >= 0.6 is 7.49 Å². The van der Waals surface area contributed by atoms with Gasteiger partial charge in [-0.2, -0.15) is 0 Å². The Labute approximate surface area is 195 Å². The summed E-state index contributed by atoms with van der Waals surface area (Å²) in [5, 5.41) is 2.40. The van der Waals surface area contributed by atoms with Crippen LogP contribution < -0.4 is 15.9 Å². The van der Waals surface area contributed by atoms with Gasteiger partial charge in [-0.3, -0.25) is 16.1 Å². The van der Waals surface area contributed by atoms with Crippen molar-refractivity contribution in [2.45, 2.75) is 6.42 Å². The molecule has 0 unspecified atom stereocenters. The van der Waals surface area contributed by atoms with E-state index in [4.69, 9.17) is 9.32 Å². The van der Waals surface area contributed by atoms with Crippen molar-refractivity contribution in [2.24, 2.45) is 0 Å². The molecule has 159 valence electrons. The molecular weight excluding hydrogens is 502 g/mol. The van der Waals surface area contributed by atoms with Crippen LogP contribution in [0.5, 0.6) is 0 Å². The van der Waals surface area contributed by atoms with E-state index in [1.165, 1.54) is 0 Å². The van der Waals surface area contributed by atoms with Crippen LogP contribution in [0.15, 0.2) is 91.0 Å². The molecule has 0 bridgehead atoms. The summed E-state index contributed by atoms with van der Waals surface area (Å²) in [4.78, 5) is 43.9. The monoisotopic (exact) mass is 522 g/mol. The molecule has 0 aliphatic heterocycles. The second-order valence-corrected chi connectivity index (χ2v) is 9.08. The zero-order chi connectivity index (χ0) is 22.0. The molecule has 0 N–H and O–H groups in total. The molecule has 7 heteroatoms. The molecule has 3 aromatic carbocycles. The molecule has 3 rings (SSSR count). The van der Waals surface area contributed by atoms with Gasteiger partial charge in [-0.25, -0.2) is 4.79 Å². The van der Waals surface area contributed by atoms with Crippen LogP contribution in [-0.2, 0) is 43.2 Å². The smallest absolute Gasteiger partial charge is 0.545 e. The number of hydrogen-bond acceptors (Lipinski definition) is 5. The summed E-state index contributed by atoms with van der Waals surface area (Å²) < 4.78 is 6.00.